The second-order valence-corrected chi connectivity index (χ2v) is 9.16. The molecule has 1 aromatic carbocycles. The summed E-state index contributed by atoms with van der Waals surface area (Å²) >= 11 is 0. The Bertz CT molecular complexity index is 1230. The topological polar surface area (TPSA) is 201 Å². The number of carbonyl (C=O) groups is 1. The van der Waals surface area contributed by atoms with Crippen molar-refractivity contribution in [2.45, 2.75) is 18.6 Å². The van der Waals surface area contributed by atoms with Crippen molar-refractivity contribution in [1.82, 2.24) is 14.3 Å². The number of nitrogens with zero attached hydrogens (tertiary/aromatic N) is 4. The SMILES string of the molecule is CN1C(N)=N[C@](C)(c2cc(NC(=O)c3cnc(OC(O)(O)O)cn3)cc(F)c2F)CS1(=O)=O. The van der Waals surface area contributed by atoms with Gasteiger partial charge in [-0.15, -0.1) is 0 Å². The fourth-order valence-electron chi connectivity index (χ4n) is 2.96. The average molecular weight is 488 g/mol. The van der Waals surface area contributed by atoms with E-state index >= 15 is 0 Å². The number of sulfonamides is 1. The van der Waals surface area contributed by atoms with Crippen molar-refractivity contribution in [2.24, 2.45) is 10.7 Å². The Labute approximate surface area is 185 Å². The largest absolute Gasteiger partial charge is 0.454 e. The lowest BCUT2D eigenvalue weighted by molar-refractivity contribution is -0.420. The second-order valence-electron chi connectivity index (χ2n) is 7.16. The number of aliphatic imine (C=N–C) groups is 1. The third-order valence-corrected chi connectivity index (χ3v) is 6.48. The van der Waals surface area contributed by atoms with Crippen LogP contribution in [0.5, 0.6) is 5.88 Å². The highest BCUT2D eigenvalue weighted by Gasteiger charge is 2.42. The van der Waals surface area contributed by atoms with E-state index in [0.29, 0.717) is 6.07 Å². The minimum Gasteiger partial charge on any atom is -0.397 e. The van der Waals surface area contributed by atoms with Crippen molar-refractivity contribution in [1.29, 1.82) is 0 Å². The van der Waals surface area contributed by atoms with Gasteiger partial charge >= 0.3 is 6.16 Å². The first kappa shape index (κ1) is 24.2. The Balaban J connectivity index is 1.91. The fourth-order valence-corrected chi connectivity index (χ4v) is 4.41. The molecule has 0 spiro atoms. The molecule has 1 aliphatic rings. The number of aromatic nitrogens is 2. The van der Waals surface area contributed by atoms with Crippen LogP contribution in [-0.4, -0.2) is 68.8 Å². The molecule has 1 atom stereocenters. The predicted octanol–water partition coefficient (Wildman–Crippen LogP) is -1.22. The van der Waals surface area contributed by atoms with Gasteiger partial charge in [-0.1, -0.05) is 0 Å². The molecule has 2 heterocycles. The van der Waals surface area contributed by atoms with E-state index in [0.717, 1.165) is 22.8 Å². The number of carbonyl (C=O) groups excluding carboxylic acids is 1. The van der Waals surface area contributed by atoms with Crippen LogP contribution in [0.3, 0.4) is 0 Å². The zero-order chi connectivity index (χ0) is 24.8. The highest BCUT2D eigenvalue weighted by molar-refractivity contribution is 7.89. The van der Waals surface area contributed by atoms with Crippen molar-refractivity contribution in [3.63, 3.8) is 0 Å². The number of hydrogen-bond donors (Lipinski definition) is 5. The van der Waals surface area contributed by atoms with E-state index in [4.69, 9.17) is 21.1 Å². The monoisotopic (exact) mass is 488 g/mol. The van der Waals surface area contributed by atoms with Gasteiger partial charge in [0.15, 0.2) is 11.6 Å². The minimum atomic E-state index is -3.97. The first-order valence-electron chi connectivity index (χ1n) is 8.92. The molecule has 3 rings (SSSR count). The van der Waals surface area contributed by atoms with Crippen LogP contribution in [0.25, 0.3) is 0 Å². The molecule has 2 aromatic rings. The molecule has 0 aliphatic carbocycles. The zero-order valence-corrected chi connectivity index (χ0v) is 17.8. The fraction of sp³-hybridized carbons (Fsp3) is 0.294. The quantitative estimate of drug-likeness (QED) is 0.318. The van der Waals surface area contributed by atoms with E-state index in [1.165, 1.54) is 14.0 Å². The first-order valence-corrected chi connectivity index (χ1v) is 10.5. The van der Waals surface area contributed by atoms with Crippen LogP contribution in [0.15, 0.2) is 29.5 Å². The van der Waals surface area contributed by atoms with Crippen molar-refractivity contribution in [3.05, 3.63) is 47.4 Å². The molecule has 6 N–H and O–H groups in total. The number of hydrogen-bond acceptors (Lipinski definition) is 11. The van der Waals surface area contributed by atoms with Crippen molar-refractivity contribution >= 4 is 27.6 Å². The van der Waals surface area contributed by atoms with Crippen LogP contribution in [0.4, 0.5) is 14.5 Å². The van der Waals surface area contributed by atoms with Crippen LogP contribution in [0.2, 0.25) is 0 Å². The van der Waals surface area contributed by atoms with Gasteiger partial charge in [0.2, 0.25) is 21.9 Å². The Hall–Kier alpha value is -3.47. The van der Waals surface area contributed by atoms with E-state index in [9.17, 15) is 22.0 Å². The molecule has 1 aliphatic heterocycles. The number of benzene rings is 1. The highest BCUT2D eigenvalue weighted by atomic mass is 32.2. The van der Waals surface area contributed by atoms with Gasteiger partial charge in [-0.25, -0.2) is 36.5 Å². The number of nitrogens with one attached hydrogen (secondary N) is 1. The van der Waals surface area contributed by atoms with Crippen LogP contribution < -0.4 is 15.8 Å². The summed E-state index contributed by atoms with van der Waals surface area (Å²) in [5, 5.41) is 28.4. The van der Waals surface area contributed by atoms with Crippen LogP contribution in [0.1, 0.15) is 23.0 Å². The standard InChI is InChI=1S/C17H18F2N6O7S/c1-16(7-33(30,31)25(2)15(20)24-16)9-3-8(4-10(18)13(9)19)23-14(26)11-5-22-12(6-21-11)32-17(27,28)29/h3-6,27-29H,7H2,1-2H3,(H2,20,24)(H,23,26)/t16-/m0/s1. The molecule has 178 valence electrons. The molecular formula is C17H18F2N6O7S. The van der Waals surface area contributed by atoms with Gasteiger partial charge in [0.05, 0.1) is 18.1 Å². The number of rotatable bonds is 5. The van der Waals surface area contributed by atoms with Crippen LogP contribution in [-0.2, 0) is 15.6 Å². The summed E-state index contributed by atoms with van der Waals surface area (Å²) in [6.07, 6.45) is -1.89. The molecule has 0 bridgehead atoms. The van der Waals surface area contributed by atoms with Gasteiger partial charge in [0.1, 0.15) is 11.2 Å². The number of guanidine groups is 1. The Kier molecular flexibility index (Phi) is 5.97. The molecule has 16 heteroatoms. The van der Waals surface area contributed by atoms with E-state index in [2.05, 4.69) is 25.0 Å². The lowest BCUT2D eigenvalue weighted by Crippen LogP contribution is -2.50. The van der Waals surface area contributed by atoms with Gasteiger partial charge < -0.3 is 31.1 Å². The molecular weight excluding hydrogens is 470 g/mol. The number of halogens is 2. The molecule has 0 unspecified atom stereocenters. The highest BCUT2D eigenvalue weighted by Crippen LogP contribution is 2.35. The van der Waals surface area contributed by atoms with Gasteiger partial charge in [-0.3, -0.25) is 4.79 Å². The molecule has 1 aromatic heterocycles. The number of anilines is 1. The molecule has 0 fully saturated rings. The maximum Gasteiger partial charge on any atom is 0.454 e. The number of aliphatic hydroxyl groups is 3. The summed E-state index contributed by atoms with van der Waals surface area (Å²) in [4.78, 5) is 23.6. The maximum absolute atomic E-state index is 14.6. The lowest BCUT2D eigenvalue weighted by atomic mass is 9.93. The lowest BCUT2D eigenvalue weighted by Gasteiger charge is -2.34. The second kappa shape index (κ2) is 8.14. The molecule has 1 amide bonds. The van der Waals surface area contributed by atoms with E-state index in [-0.39, 0.29) is 11.4 Å². The Morgan fingerprint density at radius 2 is 1.94 bits per heavy atom. The van der Waals surface area contributed by atoms with Crippen molar-refractivity contribution in [2.75, 3.05) is 18.1 Å². The summed E-state index contributed by atoms with van der Waals surface area (Å²) in [6, 6.07) is 1.68. The molecule has 0 radical (unpaired) electrons. The van der Waals surface area contributed by atoms with E-state index in [1.807, 2.05) is 0 Å². The summed E-state index contributed by atoms with van der Waals surface area (Å²) in [6.45, 7) is 1.25. The van der Waals surface area contributed by atoms with E-state index in [1.54, 1.807) is 0 Å². The Morgan fingerprint density at radius 3 is 2.48 bits per heavy atom. The molecule has 13 nitrogen and oxygen atoms in total. The number of nitrogens with two attached hydrogens (primary N) is 1. The zero-order valence-electron chi connectivity index (χ0n) is 17.0. The molecule has 0 saturated heterocycles. The normalized spacial score (nSPS) is 20.2. The van der Waals surface area contributed by atoms with Gasteiger partial charge in [-0.05, 0) is 13.0 Å². The average Bonchev–Trinajstić information content (AvgIpc) is 2.67. The third-order valence-electron chi connectivity index (χ3n) is 4.53. The summed E-state index contributed by atoms with van der Waals surface area (Å²) < 4.78 is 58.6. The van der Waals surface area contributed by atoms with Crippen LogP contribution >= 0.6 is 0 Å². The van der Waals surface area contributed by atoms with Crippen molar-refractivity contribution in [3.8, 4) is 5.88 Å². The minimum absolute atomic E-state index is 0.248. The smallest absolute Gasteiger partial charge is 0.397 e. The summed E-state index contributed by atoms with van der Waals surface area (Å²) in [5.41, 5.74) is 2.80. The van der Waals surface area contributed by atoms with Crippen molar-refractivity contribution < 1.29 is 42.0 Å². The Morgan fingerprint density at radius 1 is 1.27 bits per heavy atom. The third kappa shape index (κ3) is 5.14. The number of ether oxygens (including phenoxy) is 1. The van der Waals surface area contributed by atoms with Gasteiger partial charge in [0.25, 0.3) is 5.91 Å². The van der Waals surface area contributed by atoms with E-state index < -0.39 is 62.4 Å². The number of amides is 1. The van der Waals surface area contributed by atoms with Crippen LogP contribution in [0, 0.1) is 11.6 Å². The summed E-state index contributed by atoms with van der Waals surface area (Å²) in [5.74, 6) is -5.35. The molecule has 33 heavy (non-hydrogen) atoms. The maximum atomic E-state index is 14.6. The summed E-state index contributed by atoms with van der Waals surface area (Å²) in [7, 11) is -2.81. The van der Waals surface area contributed by atoms with Gasteiger partial charge in [0, 0.05) is 24.4 Å². The molecule has 0 saturated carbocycles. The predicted molar refractivity (Wildman–Crippen MR) is 107 cm³/mol. The first-order chi connectivity index (χ1) is 15.1. The van der Waals surface area contributed by atoms with Gasteiger partial charge in [-0.2, -0.15) is 0 Å².